The van der Waals surface area contributed by atoms with Crippen LogP contribution in [0.4, 0.5) is 16.2 Å². The van der Waals surface area contributed by atoms with Gasteiger partial charge in [-0.25, -0.2) is 4.79 Å². The summed E-state index contributed by atoms with van der Waals surface area (Å²) in [4.78, 5) is 37.6. The molecule has 0 aliphatic carbocycles. The van der Waals surface area contributed by atoms with Crippen LogP contribution in [-0.2, 0) is 4.74 Å². The molecule has 1 aliphatic heterocycles. The lowest BCUT2D eigenvalue weighted by Gasteiger charge is -2.20. The number of amides is 3. The van der Waals surface area contributed by atoms with Crippen LogP contribution in [0.25, 0.3) is 0 Å². The van der Waals surface area contributed by atoms with Crippen LogP contribution in [0.1, 0.15) is 41.5 Å². The van der Waals surface area contributed by atoms with E-state index in [1.54, 1.807) is 69.3 Å². The van der Waals surface area contributed by atoms with Gasteiger partial charge in [-0.05, 0) is 57.2 Å². The number of anilines is 2. The SMILES string of the molecule is CC(C)(C)OC(=O)Nc1ccc(NC[C@@H](O)CN2C(=O)c3ccccc3C2=O)cc1. The number of fused-ring (bicyclic) bond motifs is 1. The minimum absolute atomic E-state index is 0.0996. The van der Waals surface area contributed by atoms with Gasteiger partial charge in [-0.2, -0.15) is 0 Å². The van der Waals surface area contributed by atoms with Gasteiger partial charge in [-0.1, -0.05) is 12.1 Å². The van der Waals surface area contributed by atoms with Gasteiger partial charge in [0.2, 0.25) is 0 Å². The highest BCUT2D eigenvalue weighted by Crippen LogP contribution is 2.22. The first kappa shape index (κ1) is 21.3. The first-order valence-corrected chi connectivity index (χ1v) is 9.61. The predicted octanol–water partition coefficient (Wildman–Crippen LogP) is 3.10. The standard InChI is InChI=1S/C22H25N3O5/c1-22(2,3)30-21(29)24-15-10-8-14(9-11-15)23-12-16(26)13-25-19(27)17-6-4-5-7-18(17)20(25)28/h4-11,16,23,26H,12-13H2,1-3H3,(H,24,29)/t16-/m1/s1. The third-order valence-corrected chi connectivity index (χ3v) is 4.34. The Morgan fingerprint density at radius 1 is 1.00 bits per heavy atom. The summed E-state index contributed by atoms with van der Waals surface area (Å²) in [5.41, 5.74) is 1.42. The Hall–Kier alpha value is -3.39. The van der Waals surface area contributed by atoms with Gasteiger partial charge in [0.15, 0.2) is 0 Å². The summed E-state index contributed by atoms with van der Waals surface area (Å²) in [7, 11) is 0. The maximum absolute atomic E-state index is 12.4. The van der Waals surface area contributed by atoms with Gasteiger partial charge >= 0.3 is 6.09 Å². The molecule has 3 N–H and O–H groups in total. The fraction of sp³-hybridized carbons (Fsp3) is 0.318. The first-order valence-electron chi connectivity index (χ1n) is 9.61. The topological polar surface area (TPSA) is 108 Å². The molecule has 0 bridgehead atoms. The molecule has 1 heterocycles. The van der Waals surface area contributed by atoms with Crippen molar-refractivity contribution in [3.8, 4) is 0 Å². The largest absolute Gasteiger partial charge is 0.444 e. The van der Waals surface area contributed by atoms with E-state index in [1.165, 1.54) is 0 Å². The van der Waals surface area contributed by atoms with Crippen molar-refractivity contribution in [2.45, 2.75) is 32.5 Å². The molecular formula is C22H25N3O5. The van der Waals surface area contributed by atoms with Crippen molar-refractivity contribution in [3.63, 3.8) is 0 Å². The zero-order valence-electron chi connectivity index (χ0n) is 17.1. The molecule has 1 aliphatic rings. The summed E-state index contributed by atoms with van der Waals surface area (Å²) < 4.78 is 5.20. The number of carbonyl (C=O) groups excluding carboxylic acids is 3. The number of benzene rings is 2. The van der Waals surface area contributed by atoms with Crippen LogP contribution in [-0.4, -0.2) is 52.7 Å². The lowest BCUT2D eigenvalue weighted by atomic mass is 10.1. The van der Waals surface area contributed by atoms with Crippen LogP contribution < -0.4 is 10.6 Å². The quantitative estimate of drug-likeness (QED) is 0.631. The van der Waals surface area contributed by atoms with Crippen molar-refractivity contribution in [3.05, 3.63) is 59.7 Å². The van der Waals surface area contributed by atoms with E-state index in [-0.39, 0.29) is 13.1 Å². The number of carbonyl (C=O) groups is 3. The van der Waals surface area contributed by atoms with Gasteiger partial charge in [-0.3, -0.25) is 19.8 Å². The minimum Gasteiger partial charge on any atom is -0.444 e. The number of aliphatic hydroxyl groups is 1. The van der Waals surface area contributed by atoms with E-state index in [4.69, 9.17) is 4.74 Å². The van der Waals surface area contributed by atoms with E-state index in [1.807, 2.05) is 0 Å². The van der Waals surface area contributed by atoms with Gasteiger partial charge in [0.05, 0.1) is 23.8 Å². The Labute approximate surface area is 174 Å². The molecule has 2 aromatic carbocycles. The van der Waals surface area contributed by atoms with Crippen LogP contribution in [0.5, 0.6) is 0 Å². The fourth-order valence-corrected chi connectivity index (χ4v) is 3.01. The highest BCUT2D eigenvalue weighted by atomic mass is 16.6. The van der Waals surface area contributed by atoms with Crippen molar-refractivity contribution >= 4 is 29.3 Å². The Bertz CT molecular complexity index is 915. The van der Waals surface area contributed by atoms with E-state index in [0.717, 1.165) is 4.90 Å². The van der Waals surface area contributed by atoms with Crippen LogP contribution in [0, 0.1) is 0 Å². The fourth-order valence-electron chi connectivity index (χ4n) is 3.01. The molecular weight excluding hydrogens is 386 g/mol. The molecule has 0 unspecified atom stereocenters. The third-order valence-electron chi connectivity index (χ3n) is 4.34. The number of aliphatic hydroxyl groups excluding tert-OH is 1. The average Bonchev–Trinajstić information content (AvgIpc) is 2.91. The summed E-state index contributed by atoms with van der Waals surface area (Å²) in [6.07, 6.45) is -1.48. The summed E-state index contributed by atoms with van der Waals surface area (Å²) in [5.74, 6) is -0.792. The molecule has 0 saturated carbocycles. The number of nitrogens with one attached hydrogen (secondary N) is 2. The van der Waals surface area contributed by atoms with E-state index in [0.29, 0.717) is 22.5 Å². The number of rotatable bonds is 6. The maximum Gasteiger partial charge on any atom is 0.412 e. The summed E-state index contributed by atoms with van der Waals surface area (Å²) in [6.45, 7) is 5.40. The number of ether oxygens (including phenoxy) is 1. The molecule has 2 aromatic rings. The van der Waals surface area contributed by atoms with Crippen molar-refractivity contribution in [2.24, 2.45) is 0 Å². The first-order chi connectivity index (χ1) is 14.1. The summed E-state index contributed by atoms with van der Waals surface area (Å²) in [6, 6.07) is 13.5. The number of β-amino-alcohol motifs (C(OH)–C–C–N with tert-alkyl or cyclic N) is 1. The Morgan fingerprint density at radius 3 is 2.07 bits per heavy atom. The molecule has 8 heteroatoms. The highest BCUT2D eigenvalue weighted by molar-refractivity contribution is 6.21. The summed E-state index contributed by atoms with van der Waals surface area (Å²) >= 11 is 0. The number of hydrogen-bond donors (Lipinski definition) is 3. The number of nitrogens with zero attached hydrogens (tertiary/aromatic N) is 1. The number of imide groups is 1. The average molecular weight is 411 g/mol. The lowest BCUT2D eigenvalue weighted by molar-refractivity contribution is 0.0556. The molecule has 30 heavy (non-hydrogen) atoms. The molecule has 0 fully saturated rings. The van der Waals surface area contributed by atoms with Gasteiger partial charge in [-0.15, -0.1) is 0 Å². The second-order valence-electron chi connectivity index (χ2n) is 8.01. The molecule has 3 rings (SSSR count). The van der Waals surface area contributed by atoms with Crippen molar-refractivity contribution < 1.29 is 24.2 Å². The molecule has 0 radical (unpaired) electrons. The molecule has 1 atom stereocenters. The second kappa shape index (κ2) is 8.54. The Kier molecular flexibility index (Phi) is 6.07. The predicted molar refractivity (Wildman–Crippen MR) is 113 cm³/mol. The van der Waals surface area contributed by atoms with E-state index in [9.17, 15) is 19.5 Å². The molecule has 0 saturated heterocycles. The maximum atomic E-state index is 12.4. The molecule has 8 nitrogen and oxygen atoms in total. The molecule has 3 amide bonds. The monoisotopic (exact) mass is 411 g/mol. The highest BCUT2D eigenvalue weighted by Gasteiger charge is 2.35. The number of hydrogen-bond acceptors (Lipinski definition) is 6. The zero-order valence-corrected chi connectivity index (χ0v) is 17.1. The van der Waals surface area contributed by atoms with Crippen molar-refractivity contribution in [1.29, 1.82) is 0 Å². The van der Waals surface area contributed by atoms with Gasteiger partial charge in [0.1, 0.15) is 5.60 Å². The molecule has 0 spiro atoms. The zero-order chi connectivity index (χ0) is 21.9. The van der Waals surface area contributed by atoms with E-state index < -0.39 is 29.6 Å². The van der Waals surface area contributed by atoms with Gasteiger partial charge in [0.25, 0.3) is 11.8 Å². The smallest absolute Gasteiger partial charge is 0.412 e. The van der Waals surface area contributed by atoms with Gasteiger partial charge in [0, 0.05) is 17.9 Å². The lowest BCUT2D eigenvalue weighted by Crippen LogP contribution is -2.39. The van der Waals surface area contributed by atoms with Crippen LogP contribution in [0.3, 0.4) is 0 Å². The molecule has 0 aromatic heterocycles. The minimum atomic E-state index is -0.938. The van der Waals surface area contributed by atoms with Crippen molar-refractivity contribution in [1.82, 2.24) is 4.90 Å². The van der Waals surface area contributed by atoms with Crippen LogP contribution in [0.2, 0.25) is 0 Å². The normalized spacial score (nSPS) is 14.3. The Balaban J connectivity index is 1.50. The van der Waals surface area contributed by atoms with E-state index >= 15 is 0 Å². The van der Waals surface area contributed by atoms with E-state index in [2.05, 4.69) is 10.6 Å². The van der Waals surface area contributed by atoms with Crippen LogP contribution in [0.15, 0.2) is 48.5 Å². The third kappa shape index (κ3) is 5.15. The van der Waals surface area contributed by atoms with Crippen molar-refractivity contribution in [2.75, 3.05) is 23.7 Å². The second-order valence-corrected chi connectivity index (χ2v) is 8.01. The van der Waals surface area contributed by atoms with Crippen LogP contribution >= 0.6 is 0 Å². The van der Waals surface area contributed by atoms with Gasteiger partial charge < -0.3 is 15.2 Å². The summed E-state index contributed by atoms with van der Waals surface area (Å²) in [5, 5.41) is 16.0. The molecule has 158 valence electrons. The Morgan fingerprint density at radius 2 is 1.53 bits per heavy atom.